The van der Waals surface area contributed by atoms with Gasteiger partial charge in [0.2, 0.25) is 11.8 Å². The van der Waals surface area contributed by atoms with Crippen LogP contribution in [0.3, 0.4) is 0 Å². The number of amides is 2. The fraction of sp³-hybridized carbons (Fsp3) is 0.333. The van der Waals surface area contributed by atoms with Crippen molar-refractivity contribution in [2.75, 3.05) is 22.5 Å². The summed E-state index contributed by atoms with van der Waals surface area (Å²) in [6.07, 6.45) is 0.487. The first kappa shape index (κ1) is 20.3. The molecule has 2 rings (SSSR count). The van der Waals surface area contributed by atoms with Gasteiger partial charge in [-0.3, -0.25) is 9.59 Å². The van der Waals surface area contributed by atoms with Gasteiger partial charge in [0.15, 0.2) is 0 Å². The van der Waals surface area contributed by atoms with Gasteiger partial charge in [0, 0.05) is 29.5 Å². The lowest BCUT2D eigenvalue weighted by molar-refractivity contribution is -0.116. The van der Waals surface area contributed by atoms with E-state index in [9.17, 15) is 9.59 Å². The van der Waals surface area contributed by atoms with E-state index in [2.05, 4.69) is 16.0 Å². The van der Waals surface area contributed by atoms with E-state index in [0.29, 0.717) is 17.9 Å². The minimum Gasteiger partial charge on any atom is -0.491 e. The number of hydrogen-bond donors (Lipinski definition) is 3. The molecule has 0 fully saturated rings. The summed E-state index contributed by atoms with van der Waals surface area (Å²) in [5, 5.41) is 8.77. The minimum absolute atomic E-state index is 0.0449. The molecule has 2 aromatic carbocycles. The Morgan fingerprint density at radius 1 is 1.00 bits per heavy atom. The molecule has 6 nitrogen and oxygen atoms in total. The number of hydrogen-bond acceptors (Lipinski definition) is 4. The maximum absolute atomic E-state index is 12.2. The van der Waals surface area contributed by atoms with Gasteiger partial charge in [0.05, 0.1) is 12.6 Å². The Kier molecular flexibility index (Phi) is 7.23. The molecule has 0 aliphatic heterocycles. The number of anilines is 3. The Morgan fingerprint density at radius 2 is 1.78 bits per heavy atom. The lowest BCUT2D eigenvalue weighted by Gasteiger charge is -2.13. The molecule has 0 saturated heterocycles. The minimum atomic E-state index is -0.170. The van der Waals surface area contributed by atoms with Crippen molar-refractivity contribution in [1.82, 2.24) is 0 Å². The highest BCUT2D eigenvalue weighted by Gasteiger charge is 2.07. The molecular weight excluding hydrogens is 342 g/mol. The van der Waals surface area contributed by atoms with Crippen LogP contribution in [0.5, 0.6) is 5.75 Å². The average molecular weight is 369 g/mol. The standard InChI is InChI=1S/C21H27N3O3/c1-5-20(25)24-19-12-16(10-9-15(19)4)22-13-21(26)23-17-7-6-8-18(11-17)27-14(2)3/h6-12,14,22H,5,13H2,1-4H3,(H,23,26)(H,24,25). The molecule has 0 atom stereocenters. The maximum Gasteiger partial charge on any atom is 0.243 e. The molecule has 0 bridgehead atoms. The fourth-order valence-corrected chi connectivity index (χ4v) is 2.41. The Balaban J connectivity index is 1.94. The molecule has 0 radical (unpaired) electrons. The molecule has 3 N–H and O–H groups in total. The van der Waals surface area contributed by atoms with Crippen molar-refractivity contribution in [3.63, 3.8) is 0 Å². The quantitative estimate of drug-likeness (QED) is 0.652. The van der Waals surface area contributed by atoms with Gasteiger partial charge in [0.25, 0.3) is 0 Å². The zero-order valence-corrected chi connectivity index (χ0v) is 16.3. The van der Waals surface area contributed by atoms with E-state index < -0.39 is 0 Å². The number of benzene rings is 2. The van der Waals surface area contributed by atoms with Crippen molar-refractivity contribution < 1.29 is 14.3 Å². The van der Waals surface area contributed by atoms with E-state index in [4.69, 9.17) is 4.74 Å². The third kappa shape index (κ3) is 6.66. The summed E-state index contributed by atoms with van der Waals surface area (Å²) in [5.41, 5.74) is 3.15. The van der Waals surface area contributed by atoms with Gasteiger partial charge in [-0.05, 0) is 50.6 Å². The van der Waals surface area contributed by atoms with E-state index in [1.807, 2.05) is 57.2 Å². The van der Waals surface area contributed by atoms with Crippen molar-refractivity contribution >= 4 is 28.9 Å². The summed E-state index contributed by atoms with van der Waals surface area (Å²) in [4.78, 5) is 23.8. The van der Waals surface area contributed by atoms with Gasteiger partial charge in [-0.25, -0.2) is 0 Å². The normalized spacial score (nSPS) is 10.4. The van der Waals surface area contributed by atoms with Crippen molar-refractivity contribution in [2.45, 2.75) is 40.2 Å². The highest BCUT2D eigenvalue weighted by atomic mass is 16.5. The van der Waals surface area contributed by atoms with Crippen LogP contribution in [0.1, 0.15) is 32.8 Å². The first-order chi connectivity index (χ1) is 12.9. The number of ether oxygens (including phenoxy) is 1. The first-order valence-electron chi connectivity index (χ1n) is 9.08. The van der Waals surface area contributed by atoms with Gasteiger partial charge < -0.3 is 20.7 Å². The number of rotatable bonds is 8. The second kappa shape index (κ2) is 9.62. The van der Waals surface area contributed by atoms with Crippen LogP contribution in [0.25, 0.3) is 0 Å². The van der Waals surface area contributed by atoms with Gasteiger partial charge in [-0.15, -0.1) is 0 Å². The zero-order valence-electron chi connectivity index (χ0n) is 16.3. The largest absolute Gasteiger partial charge is 0.491 e. The van der Waals surface area contributed by atoms with E-state index in [0.717, 1.165) is 16.9 Å². The number of nitrogens with one attached hydrogen (secondary N) is 3. The third-order valence-electron chi connectivity index (χ3n) is 3.78. The average Bonchev–Trinajstić information content (AvgIpc) is 2.62. The second-order valence-electron chi connectivity index (χ2n) is 6.53. The van der Waals surface area contributed by atoms with Crippen LogP contribution < -0.4 is 20.7 Å². The molecule has 2 aromatic rings. The lowest BCUT2D eigenvalue weighted by Crippen LogP contribution is -2.22. The Labute approximate surface area is 160 Å². The van der Waals surface area contributed by atoms with Crippen molar-refractivity contribution in [3.8, 4) is 5.75 Å². The highest BCUT2D eigenvalue weighted by molar-refractivity contribution is 5.94. The molecule has 0 saturated carbocycles. The predicted molar refractivity (Wildman–Crippen MR) is 109 cm³/mol. The van der Waals surface area contributed by atoms with Crippen LogP contribution in [0.2, 0.25) is 0 Å². The number of aryl methyl sites for hydroxylation is 1. The molecular formula is C21H27N3O3. The fourth-order valence-electron chi connectivity index (χ4n) is 2.41. The summed E-state index contributed by atoms with van der Waals surface area (Å²) >= 11 is 0. The monoisotopic (exact) mass is 369 g/mol. The molecule has 2 amide bonds. The Morgan fingerprint density at radius 3 is 2.48 bits per heavy atom. The number of carbonyl (C=O) groups excluding carboxylic acids is 2. The van der Waals surface area contributed by atoms with Gasteiger partial charge >= 0.3 is 0 Å². The Hall–Kier alpha value is -3.02. The van der Waals surface area contributed by atoms with E-state index >= 15 is 0 Å². The van der Waals surface area contributed by atoms with Crippen LogP contribution in [-0.2, 0) is 9.59 Å². The van der Waals surface area contributed by atoms with E-state index in [1.54, 1.807) is 13.0 Å². The summed E-state index contributed by atoms with van der Waals surface area (Å²) in [6.45, 7) is 7.74. The molecule has 0 aliphatic rings. The SMILES string of the molecule is CCC(=O)Nc1cc(NCC(=O)Nc2cccc(OC(C)C)c2)ccc1C. The molecule has 6 heteroatoms. The van der Waals surface area contributed by atoms with Gasteiger partial charge in [0.1, 0.15) is 5.75 Å². The van der Waals surface area contributed by atoms with Crippen LogP contribution >= 0.6 is 0 Å². The predicted octanol–water partition coefficient (Wildman–Crippen LogP) is 4.18. The van der Waals surface area contributed by atoms with Crippen molar-refractivity contribution in [2.24, 2.45) is 0 Å². The lowest BCUT2D eigenvalue weighted by atomic mass is 10.1. The Bertz CT molecular complexity index is 803. The zero-order chi connectivity index (χ0) is 19.8. The molecule has 0 unspecified atom stereocenters. The molecule has 0 heterocycles. The third-order valence-corrected chi connectivity index (χ3v) is 3.78. The molecule has 0 aliphatic carbocycles. The highest BCUT2D eigenvalue weighted by Crippen LogP contribution is 2.21. The summed E-state index contributed by atoms with van der Waals surface area (Å²) < 4.78 is 5.63. The van der Waals surface area contributed by atoms with Crippen LogP contribution in [0.15, 0.2) is 42.5 Å². The van der Waals surface area contributed by atoms with E-state index in [-0.39, 0.29) is 24.5 Å². The maximum atomic E-state index is 12.2. The van der Waals surface area contributed by atoms with Crippen LogP contribution in [0, 0.1) is 6.92 Å². The molecule has 0 spiro atoms. The number of carbonyl (C=O) groups is 2. The summed E-state index contributed by atoms with van der Waals surface area (Å²) in [7, 11) is 0. The second-order valence-corrected chi connectivity index (χ2v) is 6.53. The van der Waals surface area contributed by atoms with Crippen LogP contribution in [0.4, 0.5) is 17.1 Å². The smallest absolute Gasteiger partial charge is 0.243 e. The summed E-state index contributed by atoms with van der Waals surface area (Å²) in [5.74, 6) is 0.499. The van der Waals surface area contributed by atoms with Crippen molar-refractivity contribution in [1.29, 1.82) is 0 Å². The van der Waals surface area contributed by atoms with Gasteiger partial charge in [-0.1, -0.05) is 19.1 Å². The van der Waals surface area contributed by atoms with E-state index in [1.165, 1.54) is 0 Å². The van der Waals surface area contributed by atoms with Crippen LogP contribution in [-0.4, -0.2) is 24.5 Å². The summed E-state index contributed by atoms with van der Waals surface area (Å²) in [6, 6.07) is 12.9. The van der Waals surface area contributed by atoms with Gasteiger partial charge in [-0.2, -0.15) is 0 Å². The topological polar surface area (TPSA) is 79.5 Å². The molecule has 0 aromatic heterocycles. The van der Waals surface area contributed by atoms with Crippen molar-refractivity contribution in [3.05, 3.63) is 48.0 Å². The first-order valence-corrected chi connectivity index (χ1v) is 9.08. The molecule has 144 valence electrons. The molecule has 27 heavy (non-hydrogen) atoms.